The van der Waals surface area contributed by atoms with Gasteiger partial charge >= 0.3 is 5.97 Å². The summed E-state index contributed by atoms with van der Waals surface area (Å²) in [4.78, 5) is 23.5. The van der Waals surface area contributed by atoms with Gasteiger partial charge in [-0.2, -0.15) is 0 Å². The molecule has 17 heavy (non-hydrogen) atoms. The van der Waals surface area contributed by atoms with E-state index in [2.05, 4.69) is 14.7 Å². The Morgan fingerprint density at radius 1 is 1.53 bits per heavy atom. The maximum atomic E-state index is 11.2. The number of likely N-dealkylation sites (N-methyl/N-ethyl adjacent to an activating group) is 1. The van der Waals surface area contributed by atoms with Gasteiger partial charge in [0.25, 0.3) is 0 Å². The smallest absolute Gasteiger partial charge is 0.325 e. The first-order chi connectivity index (χ1) is 8.11. The van der Waals surface area contributed by atoms with E-state index in [1.165, 1.54) is 18.3 Å². The van der Waals surface area contributed by atoms with E-state index < -0.39 is 0 Å². The van der Waals surface area contributed by atoms with Crippen LogP contribution in [0.4, 0.5) is 5.82 Å². The number of aryl methyl sites for hydroxylation is 1. The Morgan fingerprint density at radius 2 is 2.29 bits per heavy atom. The van der Waals surface area contributed by atoms with Crippen molar-refractivity contribution in [1.29, 1.82) is 0 Å². The molecule has 5 nitrogen and oxygen atoms in total. The highest BCUT2D eigenvalue weighted by Gasteiger charge is 2.13. The molecule has 2 rings (SSSR count). The van der Waals surface area contributed by atoms with Crippen LogP contribution in [0.2, 0.25) is 0 Å². The van der Waals surface area contributed by atoms with Crippen LogP contribution in [-0.4, -0.2) is 36.6 Å². The molecule has 2 heterocycles. The fraction of sp³-hybridized carbons (Fsp3) is 0.364. The minimum absolute atomic E-state index is 0.178. The number of methoxy groups -OCH3 is 1. The lowest BCUT2D eigenvalue weighted by Crippen LogP contribution is -2.27. The Labute approximate surface area is 103 Å². The number of carbonyl (C=O) groups is 1. The zero-order chi connectivity index (χ0) is 12.4. The van der Waals surface area contributed by atoms with Gasteiger partial charge in [0.1, 0.15) is 23.5 Å². The van der Waals surface area contributed by atoms with Gasteiger partial charge in [-0.1, -0.05) is 0 Å². The number of aromatic nitrogens is 2. The molecule has 0 amide bonds. The summed E-state index contributed by atoms with van der Waals surface area (Å²) >= 11 is 1.61. The number of esters is 1. The summed E-state index contributed by atoms with van der Waals surface area (Å²) in [6.07, 6.45) is 1.52. The number of hydrogen-bond acceptors (Lipinski definition) is 6. The van der Waals surface area contributed by atoms with Crippen molar-refractivity contribution in [1.82, 2.24) is 9.97 Å². The molecule has 90 valence electrons. The van der Waals surface area contributed by atoms with E-state index in [-0.39, 0.29) is 12.5 Å². The van der Waals surface area contributed by atoms with Crippen molar-refractivity contribution < 1.29 is 9.53 Å². The number of hydrogen-bond donors (Lipinski definition) is 0. The fourth-order valence-electron chi connectivity index (χ4n) is 1.60. The van der Waals surface area contributed by atoms with Gasteiger partial charge in [0, 0.05) is 11.9 Å². The Balaban J connectivity index is 2.37. The molecule has 0 saturated carbocycles. The predicted molar refractivity (Wildman–Crippen MR) is 67.4 cm³/mol. The first-order valence-corrected chi connectivity index (χ1v) is 5.92. The van der Waals surface area contributed by atoms with E-state index in [4.69, 9.17) is 0 Å². The highest BCUT2D eigenvalue weighted by Crippen LogP contribution is 2.28. The summed E-state index contributed by atoms with van der Waals surface area (Å²) in [5.41, 5.74) is 0. The largest absolute Gasteiger partial charge is 0.468 e. The second kappa shape index (κ2) is 4.67. The fourth-order valence-corrected chi connectivity index (χ4v) is 2.44. The third-order valence-electron chi connectivity index (χ3n) is 2.39. The molecule has 6 heteroatoms. The van der Waals surface area contributed by atoms with Crippen molar-refractivity contribution in [2.75, 3.05) is 25.6 Å². The molecule has 0 fully saturated rings. The summed E-state index contributed by atoms with van der Waals surface area (Å²) in [6.45, 7) is 2.20. The van der Waals surface area contributed by atoms with Crippen molar-refractivity contribution in [2.24, 2.45) is 0 Å². The second-order valence-corrected chi connectivity index (χ2v) is 4.94. The van der Waals surface area contributed by atoms with Gasteiger partial charge in [0.15, 0.2) is 0 Å². The summed E-state index contributed by atoms with van der Waals surface area (Å²) < 4.78 is 4.64. The number of nitrogens with zero attached hydrogens (tertiary/aromatic N) is 3. The van der Waals surface area contributed by atoms with Crippen LogP contribution < -0.4 is 4.90 Å². The van der Waals surface area contributed by atoms with Crippen LogP contribution >= 0.6 is 11.3 Å². The predicted octanol–water partition coefficient (Wildman–Crippen LogP) is 1.61. The molecule has 0 aliphatic rings. The van der Waals surface area contributed by atoms with Crippen LogP contribution in [0.25, 0.3) is 10.2 Å². The highest BCUT2D eigenvalue weighted by molar-refractivity contribution is 7.18. The van der Waals surface area contributed by atoms with Gasteiger partial charge in [-0.05, 0) is 13.0 Å². The quantitative estimate of drug-likeness (QED) is 0.776. The van der Waals surface area contributed by atoms with Crippen LogP contribution in [0.5, 0.6) is 0 Å². The maximum absolute atomic E-state index is 11.2. The van der Waals surface area contributed by atoms with Gasteiger partial charge in [-0.15, -0.1) is 11.3 Å². The van der Waals surface area contributed by atoms with Crippen molar-refractivity contribution in [3.8, 4) is 0 Å². The maximum Gasteiger partial charge on any atom is 0.325 e. The number of thiophene rings is 1. The van der Waals surface area contributed by atoms with Gasteiger partial charge in [-0.3, -0.25) is 4.79 Å². The molecule has 0 N–H and O–H groups in total. The minimum atomic E-state index is -0.286. The van der Waals surface area contributed by atoms with E-state index >= 15 is 0 Å². The number of fused-ring (bicyclic) bond motifs is 1. The molecule has 2 aromatic heterocycles. The molecule has 2 aromatic rings. The Kier molecular flexibility index (Phi) is 3.23. The van der Waals surface area contributed by atoms with Crippen LogP contribution in [0.1, 0.15) is 4.88 Å². The summed E-state index contributed by atoms with van der Waals surface area (Å²) in [7, 11) is 3.19. The number of rotatable bonds is 3. The zero-order valence-corrected chi connectivity index (χ0v) is 10.7. The molecule has 0 bridgehead atoms. The summed E-state index contributed by atoms with van der Waals surface area (Å²) in [6, 6.07) is 2.03. The molecule has 0 radical (unpaired) electrons. The Bertz CT molecular complexity index is 553. The molecule has 0 saturated heterocycles. The van der Waals surface area contributed by atoms with E-state index in [1.54, 1.807) is 16.2 Å². The molecule has 0 aliphatic heterocycles. The van der Waals surface area contributed by atoms with Crippen molar-refractivity contribution in [3.63, 3.8) is 0 Å². The molecular weight excluding hydrogens is 238 g/mol. The highest BCUT2D eigenvalue weighted by atomic mass is 32.1. The van der Waals surface area contributed by atoms with Crippen molar-refractivity contribution in [3.05, 3.63) is 17.3 Å². The first kappa shape index (κ1) is 11.8. The van der Waals surface area contributed by atoms with Crippen molar-refractivity contribution in [2.45, 2.75) is 6.92 Å². The topological polar surface area (TPSA) is 55.3 Å². The first-order valence-electron chi connectivity index (χ1n) is 5.11. The Hall–Kier alpha value is -1.69. The lowest BCUT2D eigenvalue weighted by Gasteiger charge is -2.16. The lowest BCUT2D eigenvalue weighted by atomic mass is 10.3. The SMILES string of the molecule is COC(=O)CN(C)c1ncnc2sc(C)cc12. The average molecular weight is 251 g/mol. The normalized spacial score (nSPS) is 10.5. The van der Waals surface area contributed by atoms with Crippen LogP contribution in [0.3, 0.4) is 0 Å². The number of carbonyl (C=O) groups excluding carboxylic acids is 1. The number of anilines is 1. The standard InChI is InChI=1S/C11H13N3O2S/c1-7-4-8-10(12-6-13-11(8)17-7)14(2)5-9(15)16-3/h4,6H,5H2,1-3H3. The van der Waals surface area contributed by atoms with Crippen LogP contribution in [-0.2, 0) is 9.53 Å². The zero-order valence-electron chi connectivity index (χ0n) is 9.93. The minimum Gasteiger partial charge on any atom is -0.468 e. The molecule has 0 unspecified atom stereocenters. The molecule has 0 aliphatic carbocycles. The number of ether oxygens (including phenoxy) is 1. The van der Waals surface area contributed by atoms with Gasteiger partial charge in [0.05, 0.1) is 12.5 Å². The molecule has 0 aromatic carbocycles. The summed E-state index contributed by atoms with van der Waals surface area (Å²) in [5.74, 6) is 0.468. The van der Waals surface area contributed by atoms with Gasteiger partial charge in [0.2, 0.25) is 0 Å². The third-order valence-corrected chi connectivity index (χ3v) is 3.35. The lowest BCUT2D eigenvalue weighted by molar-refractivity contribution is -0.138. The monoisotopic (exact) mass is 251 g/mol. The van der Waals surface area contributed by atoms with Crippen LogP contribution in [0.15, 0.2) is 12.4 Å². The van der Waals surface area contributed by atoms with E-state index in [0.29, 0.717) is 0 Å². The second-order valence-electron chi connectivity index (χ2n) is 3.71. The van der Waals surface area contributed by atoms with Crippen molar-refractivity contribution >= 4 is 33.3 Å². The molecular formula is C11H13N3O2S. The average Bonchev–Trinajstić information content (AvgIpc) is 2.68. The van der Waals surface area contributed by atoms with E-state index in [0.717, 1.165) is 16.0 Å². The van der Waals surface area contributed by atoms with Crippen LogP contribution in [0, 0.1) is 6.92 Å². The summed E-state index contributed by atoms with van der Waals surface area (Å²) in [5, 5.41) is 0.974. The van der Waals surface area contributed by atoms with Gasteiger partial charge < -0.3 is 9.64 Å². The molecule has 0 spiro atoms. The third kappa shape index (κ3) is 2.36. The van der Waals surface area contributed by atoms with E-state index in [1.807, 2.05) is 20.0 Å². The van der Waals surface area contributed by atoms with E-state index in [9.17, 15) is 4.79 Å². The molecule has 0 atom stereocenters. The Morgan fingerprint density at radius 3 is 3.00 bits per heavy atom. The van der Waals surface area contributed by atoms with Gasteiger partial charge in [-0.25, -0.2) is 9.97 Å².